The fourth-order valence-electron chi connectivity index (χ4n) is 1.98. The summed E-state index contributed by atoms with van der Waals surface area (Å²) in [6.07, 6.45) is 3.67. The highest BCUT2D eigenvalue weighted by Gasteiger charge is 2.25. The summed E-state index contributed by atoms with van der Waals surface area (Å²) < 4.78 is 40.0. The molecule has 2 unspecified atom stereocenters. The van der Waals surface area contributed by atoms with E-state index in [1.54, 1.807) is 37.6 Å². The fraction of sp³-hybridized carbons (Fsp3) is 0.417. The molecule has 0 spiro atoms. The van der Waals surface area contributed by atoms with Gasteiger partial charge in [-0.05, 0) is 25.5 Å². The number of fused-ring (bicyclic) bond motifs is 1. The third-order valence-electron chi connectivity index (χ3n) is 2.96. The van der Waals surface area contributed by atoms with Crippen LogP contribution in [0.15, 0.2) is 29.4 Å². The molecule has 0 aliphatic carbocycles. The van der Waals surface area contributed by atoms with Crippen molar-refractivity contribution in [3.05, 3.63) is 24.4 Å². The Balaban J connectivity index is 2.30. The zero-order chi connectivity index (χ0) is 15.6. The molecule has 0 bridgehead atoms. The van der Waals surface area contributed by atoms with Gasteiger partial charge in [-0.15, -0.1) is 0 Å². The molecule has 7 nitrogen and oxygen atoms in total. The molecular weight excluding hydrogens is 312 g/mol. The van der Waals surface area contributed by atoms with Gasteiger partial charge < -0.3 is 5.73 Å². The van der Waals surface area contributed by atoms with Gasteiger partial charge in [0, 0.05) is 35.0 Å². The molecule has 0 fully saturated rings. The smallest absolute Gasteiger partial charge is 0.260 e. The highest BCUT2D eigenvalue weighted by molar-refractivity contribution is 7.89. The van der Waals surface area contributed by atoms with E-state index in [0.717, 1.165) is 0 Å². The normalized spacial score (nSPS) is 15.1. The van der Waals surface area contributed by atoms with E-state index in [9.17, 15) is 12.6 Å². The molecule has 0 aliphatic heterocycles. The molecule has 2 rings (SSSR count). The maximum absolute atomic E-state index is 12.5. The molecule has 116 valence electrons. The number of rotatable bonds is 6. The number of nitrogens with two attached hydrogens (primary N) is 1. The molecule has 21 heavy (non-hydrogen) atoms. The van der Waals surface area contributed by atoms with Crippen molar-refractivity contribution >= 4 is 32.3 Å². The minimum Gasteiger partial charge on any atom is -0.381 e. The van der Waals surface area contributed by atoms with E-state index in [2.05, 4.69) is 9.71 Å². The van der Waals surface area contributed by atoms with E-state index in [0.29, 0.717) is 17.8 Å². The number of anilines is 1. The third-order valence-corrected chi connectivity index (χ3v) is 5.40. The van der Waals surface area contributed by atoms with E-state index in [4.69, 9.17) is 5.73 Å². The lowest BCUT2D eigenvalue weighted by Crippen LogP contribution is -2.34. The number of hydrogen-bond acceptors (Lipinski definition) is 5. The van der Waals surface area contributed by atoms with Crippen LogP contribution in [0.3, 0.4) is 0 Å². The molecule has 2 aromatic rings. The second kappa shape index (κ2) is 6.12. The highest BCUT2D eigenvalue weighted by Crippen LogP contribution is 2.20. The van der Waals surface area contributed by atoms with Crippen LogP contribution in [-0.4, -0.2) is 40.1 Å². The van der Waals surface area contributed by atoms with Gasteiger partial charge in [0.15, 0.2) is 10.8 Å². The second-order valence-corrected chi connectivity index (χ2v) is 8.00. The Hall–Kier alpha value is -1.45. The van der Waals surface area contributed by atoms with E-state index in [-0.39, 0.29) is 16.9 Å². The lowest BCUT2D eigenvalue weighted by Gasteiger charge is -2.13. The zero-order valence-electron chi connectivity index (χ0n) is 11.8. The largest absolute Gasteiger partial charge is 0.381 e. The number of hydrogen-bond donors (Lipinski definition) is 2. The number of nitrogens with one attached hydrogen (secondary N) is 1. The number of sulfonamides is 1. The van der Waals surface area contributed by atoms with Gasteiger partial charge in [0.2, 0.25) is 0 Å². The molecule has 9 heteroatoms. The summed E-state index contributed by atoms with van der Waals surface area (Å²) in [5, 5.41) is -0.0671. The van der Waals surface area contributed by atoms with Crippen LogP contribution < -0.4 is 10.5 Å². The van der Waals surface area contributed by atoms with Crippen LogP contribution in [0, 0.1) is 0 Å². The maximum Gasteiger partial charge on any atom is 0.260 e. The fourth-order valence-corrected chi connectivity index (χ4v) is 4.16. The van der Waals surface area contributed by atoms with Gasteiger partial charge in [0.05, 0.1) is 0 Å². The van der Waals surface area contributed by atoms with Gasteiger partial charge in [-0.3, -0.25) is 8.61 Å². The Labute approximate surface area is 126 Å². The van der Waals surface area contributed by atoms with Crippen molar-refractivity contribution in [3.8, 4) is 0 Å². The molecule has 0 aromatic carbocycles. The van der Waals surface area contributed by atoms with Gasteiger partial charge in [-0.1, -0.05) is 6.07 Å². The summed E-state index contributed by atoms with van der Waals surface area (Å²) in [5.41, 5.74) is 6.21. The molecule has 0 radical (unpaired) electrons. The van der Waals surface area contributed by atoms with E-state index >= 15 is 0 Å². The average molecular weight is 330 g/mol. The molecule has 3 N–H and O–H groups in total. The number of nitrogen functional groups attached to an aromatic ring is 1. The van der Waals surface area contributed by atoms with Gasteiger partial charge in [-0.2, -0.15) is 0 Å². The Morgan fingerprint density at radius 1 is 1.48 bits per heavy atom. The first-order chi connectivity index (χ1) is 9.81. The maximum atomic E-state index is 12.5. The Morgan fingerprint density at radius 2 is 2.19 bits per heavy atom. The Bertz CT molecular complexity index is 770. The van der Waals surface area contributed by atoms with Crippen LogP contribution in [0.5, 0.6) is 0 Å². The van der Waals surface area contributed by atoms with Crippen LogP contribution >= 0.6 is 0 Å². The van der Waals surface area contributed by atoms with E-state index < -0.39 is 20.8 Å². The standard InChI is InChI=1S/C12H18N4O3S2/c1-9(6-8-20(2)17)15-21(18,19)12-11(13)14-10-5-3-4-7-16(10)12/h3-5,7,9,15H,6,8,13H2,1-2H3. The molecular formula is C12H18N4O3S2. The van der Waals surface area contributed by atoms with Gasteiger partial charge >= 0.3 is 0 Å². The van der Waals surface area contributed by atoms with Crippen LogP contribution in [0.2, 0.25) is 0 Å². The van der Waals surface area contributed by atoms with Crippen LogP contribution in [0.1, 0.15) is 13.3 Å². The van der Waals surface area contributed by atoms with Crippen molar-refractivity contribution in [2.45, 2.75) is 24.4 Å². The summed E-state index contributed by atoms with van der Waals surface area (Å²) in [6, 6.07) is 4.80. The second-order valence-electron chi connectivity index (χ2n) is 4.82. The minimum absolute atomic E-state index is 0.0417. The average Bonchev–Trinajstić information content (AvgIpc) is 2.72. The van der Waals surface area contributed by atoms with Crippen molar-refractivity contribution in [3.63, 3.8) is 0 Å². The summed E-state index contributed by atoms with van der Waals surface area (Å²) >= 11 is 0. The summed E-state index contributed by atoms with van der Waals surface area (Å²) in [4.78, 5) is 4.03. The van der Waals surface area contributed by atoms with Crippen molar-refractivity contribution in [2.24, 2.45) is 0 Å². The highest BCUT2D eigenvalue weighted by atomic mass is 32.2. The molecule has 0 saturated heterocycles. The molecule has 2 aromatic heterocycles. The first-order valence-corrected chi connectivity index (χ1v) is 9.57. The van der Waals surface area contributed by atoms with E-state index in [1.165, 1.54) is 4.40 Å². The quantitative estimate of drug-likeness (QED) is 0.795. The van der Waals surface area contributed by atoms with Crippen LogP contribution in [0.25, 0.3) is 5.65 Å². The predicted octanol–water partition coefficient (Wildman–Crippen LogP) is 0.352. The van der Waals surface area contributed by atoms with E-state index in [1.807, 2.05) is 0 Å². The summed E-state index contributed by atoms with van der Waals surface area (Å²) in [5.74, 6) is 0.395. The van der Waals surface area contributed by atoms with Gasteiger partial charge in [0.1, 0.15) is 5.65 Å². The third kappa shape index (κ3) is 3.60. The van der Waals surface area contributed by atoms with Crippen molar-refractivity contribution in [1.82, 2.24) is 14.1 Å². The summed E-state index contributed by atoms with van der Waals surface area (Å²) in [6.45, 7) is 1.73. The minimum atomic E-state index is -3.79. The Morgan fingerprint density at radius 3 is 2.86 bits per heavy atom. The predicted molar refractivity (Wildman–Crippen MR) is 82.9 cm³/mol. The lowest BCUT2D eigenvalue weighted by atomic mass is 10.3. The Kier molecular flexibility index (Phi) is 4.64. The first kappa shape index (κ1) is 15.9. The topological polar surface area (TPSA) is 107 Å². The zero-order valence-corrected chi connectivity index (χ0v) is 13.4. The number of pyridine rings is 1. The molecule has 0 amide bonds. The first-order valence-electron chi connectivity index (χ1n) is 6.36. The molecule has 0 saturated carbocycles. The molecule has 2 heterocycles. The van der Waals surface area contributed by atoms with Crippen molar-refractivity contribution in [1.29, 1.82) is 0 Å². The number of imidazole rings is 1. The SMILES string of the molecule is CC(CCS(C)=O)NS(=O)(=O)c1c(N)nc2ccccn12. The number of nitrogens with zero attached hydrogens (tertiary/aromatic N) is 2. The van der Waals surface area contributed by atoms with Crippen LogP contribution in [-0.2, 0) is 20.8 Å². The van der Waals surface area contributed by atoms with Crippen LogP contribution in [0.4, 0.5) is 5.82 Å². The number of aromatic nitrogens is 2. The summed E-state index contributed by atoms with van der Waals surface area (Å²) in [7, 11) is -4.75. The molecule has 0 aliphatic rings. The lowest BCUT2D eigenvalue weighted by molar-refractivity contribution is 0.552. The van der Waals surface area contributed by atoms with Gasteiger partial charge in [-0.25, -0.2) is 18.1 Å². The van der Waals surface area contributed by atoms with Crippen molar-refractivity contribution in [2.75, 3.05) is 17.7 Å². The van der Waals surface area contributed by atoms with Crippen molar-refractivity contribution < 1.29 is 12.6 Å². The van der Waals surface area contributed by atoms with Gasteiger partial charge in [0.25, 0.3) is 10.0 Å². The molecule has 2 atom stereocenters. The monoisotopic (exact) mass is 330 g/mol.